The maximum Gasteiger partial charge on any atom is 0.250 e. The predicted molar refractivity (Wildman–Crippen MR) is 161 cm³/mol. The lowest BCUT2D eigenvalue weighted by molar-refractivity contribution is -0.135. The molecular formula is C32H42N6O4. The van der Waals surface area contributed by atoms with Gasteiger partial charge in [0.15, 0.2) is 5.82 Å². The van der Waals surface area contributed by atoms with E-state index in [0.29, 0.717) is 19.0 Å². The summed E-state index contributed by atoms with van der Waals surface area (Å²) in [6, 6.07) is 15.8. The van der Waals surface area contributed by atoms with Gasteiger partial charge >= 0.3 is 0 Å². The number of carbonyl (C=O) groups is 3. The molecule has 2 unspecified atom stereocenters. The van der Waals surface area contributed by atoms with E-state index in [1.165, 1.54) is 0 Å². The third-order valence-corrected chi connectivity index (χ3v) is 7.48. The van der Waals surface area contributed by atoms with Gasteiger partial charge in [-0.2, -0.15) is 0 Å². The lowest BCUT2D eigenvalue weighted by atomic mass is 9.97. The summed E-state index contributed by atoms with van der Waals surface area (Å²) < 4.78 is 7.50. The highest BCUT2D eigenvalue weighted by atomic mass is 16.5. The van der Waals surface area contributed by atoms with Crippen LogP contribution in [0, 0.1) is 12.8 Å². The number of aryl methyl sites for hydroxylation is 1. The molecule has 1 fully saturated rings. The summed E-state index contributed by atoms with van der Waals surface area (Å²) >= 11 is 0. The number of carbonyl (C=O) groups excluding carboxylic acids is 3. The minimum absolute atomic E-state index is 0.00865. The minimum atomic E-state index is -1.19. The lowest BCUT2D eigenvalue weighted by Gasteiger charge is -2.33. The fraction of sp³-hybridized carbons (Fsp3) is 0.438. The first-order valence-corrected chi connectivity index (χ1v) is 14.4. The average molecular weight is 575 g/mol. The minimum Gasteiger partial charge on any atom is -0.374 e. The molecule has 1 aliphatic heterocycles. The number of benzene rings is 2. The molecule has 1 aliphatic rings. The molecule has 224 valence electrons. The maximum absolute atomic E-state index is 13.8. The molecule has 0 aliphatic carbocycles. The zero-order valence-electron chi connectivity index (χ0n) is 24.9. The molecule has 0 saturated carbocycles. The number of nitrogens with one attached hydrogen (secondary N) is 2. The van der Waals surface area contributed by atoms with Crippen molar-refractivity contribution in [3.05, 3.63) is 83.8 Å². The fourth-order valence-corrected chi connectivity index (χ4v) is 4.74. The first-order chi connectivity index (χ1) is 20.0. The van der Waals surface area contributed by atoms with E-state index in [2.05, 4.69) is 22.5 Å². The van der Waals surface area contributed by atoms with Crippen LogP contribution in [-0.4, -0.2) is 63.4 Å². The van der Waals surface area contributed by atoms with Crippen molar-refractivity contribution in [1.82, 2.24) is 19.8 Å². The summed E-state index contributed by atoms with van der Waals surface area (Å²) in [7, 11) is 0. The topological polar surface area (TPSA) is 132 Å². The van der Waals surface area contributed by atoms with Crippen LogP contribution in [0.3, 0.4) is 0 Å². The van der Waals surface area contributed by atoms with Crippen molar-refractivity contribution in [2.45, 2.75) is 64.8 Å². The second-order valence-corrected chi connectivity index (χ2v) is 11.8. The number of piperidine rings is 1. The van der Waals surface area contributed by atoms with Crippen molar-refractivity contribution >= 4 is 23.5 Å². The van der Waals surface area contributed by atoms with Gasteiger partial charge in [0, 0.05) is 19.3 Å². The Labute approximate surface area is 247 Å². The summed E-state index contributed by atoms with van der Waals surface area (Å²) in [6.07, 6.45) is 5.13. The molecule has 42 heavy (non-hydrogen) atoms. The summed E-state index contributed by atoms with van der Waals surface area (Å²) in [5.41, 5.74) is 7.65. The van der Waals surface area contributed by atoms with Crippen LogP contribution in [0.1, 0.15) is 56.3 Å². The second kappa shape index (κ2) is 13.8. The number of hydrogen-bond acceptors (Lipinski definition) is 6. The normalized spacial score (nSPS) is 15.6. The van der Waals surface area contributed by atoms with Gasteiger partial charge in [0.2, 0.25) is 11.8 Å². The summed E-state index contributed by atoms with van der Waals surface area (Å²) in [6.45, 7) is 8.97. The molecule has 1 aromatic heterocycles. The van der Waals surface area contributed by atoms with E-state index in [1.54, 1.807) is 30.9 Å². The first-order valence-electron chi connectivity index (χ1n) is 14.4. The van der Waals surface area contributed by atoms with Gasteiger partial charge in [-0.15, -0.1) is 0 Å². The highest BCUT2D eigenvalue weighted by Crippen LogP contribution is 2.26. The number of rotatable bonds is 11. The van der Waals surface area contributed by atoms with Crippen LogP contribution in [0.5, 0.6) is 0 Å². The average Bonchev–Trinajstić information content (AvgIpc) is 3.41. The van der Waals surface area contributed by atoms with Crippen molar-refractivity contribution in [3.8, 4) is 0 Å². The monoisotopic (exact) mass is 574 g/mol. The van der Waals surface area contributed by atoms with Crippen molar-refractivity contribution in [3.63, 3.8) is 0 Å². The molecular weight excluding hydrogens is 532 g/mol. The highest BCUT2D eigenvalue weighted by Gasteiger charge is 2.31. The molecule has 2 atom stereocenters. The largest absolute Gasteiger partial charge is 0.374 e. The van der Waals surface area contributed by atoms with Crippen LogP contribution in [0.25, 0.3) is 0 Å². The van der Waals surface area contributed by atoms with Gasteiger partial charge in [-0.05, 0) is 50.7 Å². The molecule has 0 radical (unpaired) electrons. The quantitative estimate of drug-likeness (QED) is 0.322. The van der Waals surface area contributed by atoms with E-state index in [-0.39, 0.29) is 24.9 Å². The molecule has 0 bridgehead atoms. The Bertz CT molecular complexity index is 1340. The molecule has 10 nitrogen and oxygen atoms in total. The molecule has 3 amide bonds. The maximum atomic E-state index is 13.8. The Kier molecular flexibility index (Phi) is 10.1. The van der Waals surface area contributed by atoms with Gasteiger partial charge in [-0.25, -0.2) is 4.98 Å². The van der Waals surface area contributed by atoms with Gasteiger partial charge in [-0.1, -0.05) is 67.1 Å². The second-order valence-electron chi connectivity index (χ2n) is 11.8. The van der Waals surface area contributed by atoms with E-state index in [4.69, 9.17) is 10.5 Å². The van der Waals surface area contributed by atoms with Crippen molar-refractivity contribution in [1.29, 1.82) is 0 Å². The van der Waals surface area contributed by atoms with Gasteiger partial charge in [0.05, 0.1) is 25.1 Å². The fourth-order valence-electron chi connectivity index (χ4n) is 4.74. The van der Waals surface area contributed by atoms with Gasteiger partial charge < -0.3 is 30.6 Å². The molecule has 1 saturated heterocycles. The molecule has 10 heteroatoms. The number of likely N-dealkylation sites (tertiary alicyclic amines) is 1. The number of nitrogens with zero attached hydrogens (tertiary/aromatic N) is 3. The van der Waals surface area contributed by atoms with Gasteiger partial charge in [0.25, 0.3) is 5.91 Å². The Balaban J connectivity index is 1.51. The number of hydrogen-bond donors (Lipinski definition) is 3. The van der Waals surface area contributed by atoms with Crippen LogP contribution in [0.2, 0.25) is 0 Å². The number of aromatic nitrogens is 2. The van der Waals surface area contributed by atoms with E-state index in [1.807, 2.05) is 66.4 Å². The summed E-state index contributed by atoms with van der Waals surface area (Å²) in [5, 5.41) is 5.47. The van der Waals surface area contributed by atoms with Crippen LogP contribution in [0.4, 0.5) is 5.82 Å². The number of amides is 3. The van der Waals surface area contributed by atoms with Crippen LogP contribution in [-0.2, 0) is 25.7 Å². The zero-order chi connectivity index (χ0) is 30.3. The Hall–Kier alpha value is -4.02. The van der Waals surface area contributed by atoms with E-state index < -0.39 is 29.4 Å². The molecule has 4 rings (SSSR count). The standard InChI is InChI=1S/C32H42N6O4/c1-22-10-12-25(13-11-22)28(30(40)37-16-14-23(2)15-17-37)38-18-27(34-21-38)36-29(39)26(35-31(41)32(3,4)33)20-42-19-24-8-6-5-7-9-24/h5-13,18,21,23,26,28H,14-17,19-20,33H2,1-4H3,(H,35,41)(H,36,39). The van der Waals surface area contributed by atoms with E-state index in [0.717, 1.165) is 29.5 Å². The third kappa shape index (κ3) is 8.27. The van der Waals surface area contributed by atoms with Crippen molar-refractivity contribution < 1.29 is 19.1 Å². The Morgan fingerprint density at radius 1 is 1.07 bits per heavy atom. The van der Waals surface area contributed by atoms with Crippen LogP contribution >= 0.6 is 0 Å². The Morgan fingerprint density at radius 2 is 1.74 bits per heavy atom. The highest BCUT2D eigenvalue weighted by molar-refractivity contribution is 5.98. The molecule has 2 aromatic carbocycles. The van der Waals surface area contributed by atoms with Gasteiger partial charge in [-0.3, -0.25) is 14.4 Å². The lowest BCUT2D eigenvalue weighted by Crippen LogP contribution is -2.56. The Morgan fingerprint density at radius 3 is 2.38 bits per heavy atom. The zero-order valence-corrected chi connectivity index (χ0v) is 24.9. The molecule has 2 heterocycles. The number of ether oxygens (including phenoxy) is 1. The van der Waals surface area contributed by atoms with E-state index in [9.17, 15) is 14.4 Å². The molecule has 4 N–H and O–H groups in total. The van der Waals surface area contributed by atoms with Crippen LogP contribution < -0.4 is 16.4 Å². The SMILES string of the molecule is Cc1ccc(C(C(=O)N2CCC(C)CC2)n2cnc(NC(=O)C(COCc3ccccc3)NC(=O)C(C)(C)N)c2)cc1. The van der Waals surface area contributed by atoms with Gasteiger partial charge in [0.1, 0.15) is 12.1 Å². The summed E-state index contributed by atoms with van der Waals surface area (Å²) in [4.78, 5) is 46.1. The smallest absolute Gasteiger partial charge is 0.250 e. The first kappa shape index (κ1) is 30.9. The number of anilines is 1. The summed E-state index contributed by atoms with van der Waals surface area (Å²) in [5.74, 6) is -0.152. The number of imidazole rings is 1. The number of nitrogens with two attached hydrogens (primary N) is 1. The van der Waals surface area contributed by atoms with Crippen LogP contribution in [0.15, 0.2) is 67.1 Å². The molecule has 0 spiro atoms. The van der Waals surface area contributed by atoms with Crippen molar-refractivity contribution in [2.75, 3.05) is 25.0 Å². The predicted octanol–water partition coefficient (Wildman–Crippen LogP) is 3.42. The van der Waals surface area contributed by atoms with E-state index >= 15 is 0 Å². The third-order valence-electron chi connectivity index (χ3n) is 7.48. The van der Waals surface area contributed by atoms with Crippen molar-refractivity contribution in [2.24, 2.45) is 11.7 Å². The molecule has 3 aromatic rings.